The molecule has 0 aliphatic rings. The zero-order valence-corrected chi connectivity index (χ0v) is 17.9. The average molecular weight is 431 g/mol. The molecule has 0 saturated heterocycles. The summed E-state index contributed by atoms with van der Waals surface area (Å²) in [6.07, 6.45) is -0.00490. The molecular weight excluding hydrogens is 408 g/mol. The number of benzene rings is 2. The highest BCUT2D eigenvalue weighted by Gasteiger charge is 2.16. The summed E-state index contributed by atoms with van der Waals surface area (Å²) in [4.78, 5) is 24.7. The topological polar surface area (TPSA) is 67.4 Å². The van der Waals surface area contributed by atoms with E-state index in [1.54, 1.807) is 0 Å². The highest BCUT2D eigenvalue weighted by Crippen LogP contribution is 2.34. The second-order valence-electron chi connectivity index (χ2n) is 6.89. The first-order chi connectivity index (χ1) is 14.0. The molecule has 1 heterocycles. The number of hydrogen-bond donors (Lipinski definition) is 2. The van der Waals surface area contributed by atoms with Crippen molar-refractivity contribution in [3.8, 4) is 0 Å². The van der Waals surface area contributed by atoms with E-state index in [0.717, 1.165) is 10.1 Å². The predicted octanol–water partition coefficient (Wildman–Crippen LogP) is 6.05. The molecule has 0 aliphatic carbocycles. The van der Waals surface area contributed by atoms with Gasteiger partial charge in [-0.3, -0.25) is 10.1 Å². The molecule has 0 spiro atoms. The normalized spacial score (nSPS) is 10.9. The maximum atomic E-state index is 12.3. The van der Waals surface area contributed by atoms with Gasteiger partial charge in [0.1, 0.15) is 4.88 Å². The molecule has 0 aliphatic heterocycles. The number of halogens is 1. The van der Waals surface area contributed by atoms with Crippen LogP contribution in [-0.2, 0) is 4.74 Å². The lowest BCUT2D eigenvalue weighted by Gasteiger charge is -2.09. The number of carbonyl (C=O) groups excluding carboxylic acids is 2. The Morgan fingerprint density at radius 2 is 1.83 bits per heavy atom. The van der Waals surface area contributed by atoms with E-state index in [-0.39, 0.29) is 12.5 Å². The molecule has 1 aromatic heterocycles. The van der Waals surface area contributed by atoms with Crippen molar-refractivity contribution >= 4 is 50.7 Å². The van der Waals surface area contributed by atoms with Crippen LogP contribution in [0, 0.1) is 0 Å². The maximum absolute atomic E-state index is 12.3. The Balaban J connectivity index is 1.39. The van der Waals surface area contributed by atoms with Crippen molar-refractivity contribution < 1.29 is 14.3 Å². The van der Waals surface area contributed by atoms with E-state index < -0.39 is 6.09 Å². The highest BCUT2D eigenvalue weighted by atomic mass is 35.5. The van der Waals surface area contributed by atoms with E-state index in [4.69, 9.17) is 16.3 Å². The van der Waals surface area contributed by atoms with Crippen LogP contribution in [-0.4, -0.2) is 25.2 Å². The third-order valence-corrected chi connectivity index (χ3v) is 6.08. The van der Waals surface area contributed by atoms with Gasteiger partial charge < -0.3 is 10.1 Å². The summed E-state index contributed by atoms with van der Waals surface area (Å²) in [5.74, 6) is 0.222. The number of thiophene rings is 1. The van der Waals surface area contributed by atoms with E-state index >= 15 is 0 Å². The van der Waals surface area contributed by atoms with Crippen LogP contribution in [0.3, 0.4) is 0 Å². The van der Waals surface area contributed by atoms with E-state index in [1.165, 1.54) is 16.9 Å². The minimum absolute atomic E-state index is 0.205. The lowest BCUT2D eigenvalue weighted by molar-refractivity contribution is 0.0954. The molecule has 0 atom stereocenters. The molecule has 0 unspecified atom stereocenters. The van der Waals surface area contributed by atoms with Gasteiger partial charge in [-0.15, -0.1) is 11.3 Å². The Labute approximate surface area is 179 Å². The Kier molecular flexibility index (Phi) is 7.12. The van der Waals surface area contributed by atoms with Crippen molar-refractivity contribution in [3.63, 3.8) is 0 Å². The van der Waals surface area contributed by atoms with Crippen molar-refractivity contribution in [3.05, 3.63) is 64.0 Å². The van der Waals surface area contributed by atoms with Crippen molar-refractivity contribution in [2.75, 3.05) is 18.5 Å². The molecule has 2 N–H and O–H groups in total. The number of carbonyl (C=O) groups is 2. The fourth-order valence-electron chi connectivity index (χ4n) is 2.78. The minimum Gasteiger partial charge on any atom is -0.449 e. The summed E-state index contributed by atoms with van der Waals surface area (Å²) in [5, 5.41) is 6.86. The molecule has 0 fully saturated rings. The van der Waals surface area contributed by atoms with Gasteiger partial charge in [0.15, 0.2) is 0 Å². The van der Waals surface area contributed by atoms with E-state index in [1.807, 2.05) is 48.5 Å². The summed E-state index contributed by atoms with van der Waals surface area (Å²) >= 11 is 7.67. The Morgan fingerprint density at radius 3 is 2.52 bits per heavy atom. The molecule has 0 saturated carbocycles. The molecule has 0 radical (unpaired) electrons. The van der Waals surface area contributed by atoms with Gasteiger partial charge in [-0.2, -0.15) is 0 Å². The van der Waals surface area contributed by atoms with Gasteiger partial charge in [0.2, 0.25) is 0 Å². The molecule has 2 aromatic carbocycles. The van der Waals surface area contributed by atoms with Gasteiger partial charge in [0.25, 0.3) is 5.91 Å². The summed E-state index contributed by atoms with van der Waals surface area (Å²) in [6, 6.07) is 15.3. The molecule has 29 heavy (non-hydrogen) atoms. The lowest BCUT2D eigenvalue weighted by atomic mass is 10.0. The summed E-state index contributed by atoms with van der Waals surface area (Å²) in [6.45, 7) is 4.82. The first-order valence-electron chi connectivity index (χ1n) is 9.44. The number of anilines is 1. The number of amides is 2. The number of hydrogen-bond acceptors (Lipinski definition) is 4. The van der Waals surface area contributed by atoms with Crippen LogP contribution in [0.1, 0.15) is 41.4 Å². The summed E-state index contributed by atoms with van der Waals surface area (Å²) in [5.41, 5.74) is 1.89. The van der Waals surface area contributed by atoms with Crippen LogP contribution in [0.25, 0.3) is 10.1 Å². The van der Waals surface area contributed by atoms with Gasteiger partial charge >= 0.3 is 6.09 Å². The van der Waals surface area contributed by atoms with Crippen molar-refractivity contribution in [2.24, 2.45) is 0 Å². The number of rotatable bonds is 7. The molecule has 7 heteroatoms. The lowest BCUT2D eigenvalue weighted by Crippen LogP contribution is -2.25. The standard InChI is InChI=1S/C22H23ClN2O3S/c1-14(2)15-8-10-16(11-9-15)25-22(27)28-13-5-12-24-21(26)20-19(23)17-6-3-4-7-18(17)29-20/h3-4,6-11,14H,5,12-13H2,1-2H3,(H,24,26)(H,25,27). The van der Waals surface area contributed by atoms with Crippen LogP contribution in [0.2, 0.25) is 5.02 Å². The van der Waals surface area contributed by atoms with E-state index in [2.05, 4.69) is 24.5 Å². The summed E-state index contributed by atoms with van der Waals surface area (Å²) in [7, 11) is 0. The zero-order chi connectivity index (χ0) is 20.8. The molecule has 3 rings (SSSR count). The molecule has 2 amide bonds. The van der Waals surface area contributed by atoms with Gasteiger partial charge in [-0.25, -0.2) is 4.79 Å². The largest absolute Gasteiger partial charge is 0.449 e. The Bertz CT molecular complexity index is 999. The second-order valence-corrected chi connectivity index (χ2v) is 8.32. The molecule has 5 nitrogen and oxygen atoms in total. The summed E-state index contributed by atoms with van der Waals surface area (Å²) < 4.78 is 6.13. The molecule has 0 bridgehead atoms. The molecular formula is C22H23ClN2O3S. The van der Waals surface area contributed by atoms with E-state index in [0.29, 0.717) is 34.5 Å². The third-order valence-electron chi connectivity index (χ3n) is 4.40. The van der Waals surface area contributed by atoms with Crippen molar-refractivity contribution in [1.29, 1.82) is 0 Å². The van der Waals surface area contributed by atoms with Crippen molar-refractivity contribution in [1.82, 2.24) is 5.32 Å². The minimum atomic E-state index is -0.513. The van der Waals surface area contributed by atoms with Gasteiger partial charge in [-0.1, -0.05) is 55.8 Å². The predicted molar refractivity (Wildman–Crippen MR) is 119 cm³/mol. The molecule has 3 aromatic rings. The van der Waals surface area contributed by atoms with Crippen LogP contribution >= 0.6 is 22.9 Å². The SMILES string of the molecule is CC(C)c1ccc(NC(=O)OCCCNC(=O)c2sc3ccccc3c2Cl)cc1. The van der Waals surface area contributed by atoms with Crippen LogP contribution < -0.4 is 10.6 Å². The van der Waals surface area contributed by atoms with Gasteiger partial charge in [-0.05, 0) is 36.1 Å². The quantitative estimate of drug-likeness (QED) is 0.448. The zero-order valence-electron chi connectivity index (χ0n) is 16.3. The van der Waals surface area contributed by atoms with Gasteiger partial charge in [0.05, 0.1) is 11.6 Å². The third kappa shape index (κ3) is 5.49. The highest BCUT2D eigenvalue weighted by molar-refractivity contribution is 7.21. The first-order valence-corrected chi connectivity index (χ1v) is 10.6. The maximum Gasteiger partial charge on any atom is 0.411 e. The molecule has 152 valence electrons. The van der Waals surface area contributed by atoms with E-state index in [9.17, 15) is 9.59 Å². The number of nitrogens with one attached hydrogen (secondary N) is 2. The monoisotopic (exact) mass is 430 g/mol. The van der Waals surface area contributed by atoms with Crippen LogP contribution in [0.15, 0.2) is 48.5 Å². The smallest absolute Gasteiger partial charge is 0.411 e. The van der Waals surface area contributed by atoms with Crippen LogP contribution in [0.4, 0.5) is 10.5 Å². The average Bonchev–Trinajstić information content (AvgIpc) is 3.05. The number of fused-ring (bicyclic) bond motifs is 1. The van der Waals surface area contributed by atoms with Crippen molar-refractivity contribution in [2.45, 2.75) is 26.2 Å². The first kappa shape index (κ1) is 21.1. The number of ether oxygens (including phenoxy) is 1. The fourth-order valence-corrected chi connectivity index (χ4v) is 4.22. The second kappa shape index (κ2) is 9.76. The fraction of sp³-hybridized carbons (Fsp3) is 0.273. The van der Waals surface area contributed by atoms with Crippen LogP contribution in [0.5, 0.6) is 0 Å². The Morgan fingerprint density at radius 1 is 1.10 bits per heavy atom. The Hall–Kier alpha value is -2.57. The van der Waals surface area contributed by atoms with Gasteiger partial charge in [0, 0.05) is 22.3 Å².